The summed E-state index contributed by atoms with van der Waals surface area (Å²) in [5.41, 5.74) is 7.97. The third-order valence-corrected chi connectivity index (χ3v) is 4.70. The van der Waals surface area contributed by atoms with E-state index in [9.17, 15) is 4.79 Å². The van der Waals surface area contributed by atoms with Gasteiger partial charge in [0.25, 0.3) is 5.91 Å². The molecule has 1 heterocycles. The maximum Gasteiger partial charge on any atom is 0.265 e. The SMILES string of the molecule is NNC(=O)c1ccc(-n2c3c(c4ccccc42)CCCC3)cc1. The lowest BCUT2D eigenvalue weighted by atomic mass is 9.95. The number of rotatable bonds is 2. The van der Waals surface area contributed by atoms with Crippen LogP contribution in [0.3, 0.4) is 0 Å². The molecule has 3 N–H and O–H groups in total. The maximum absolute atomic E-state index is 11.6. The van der Waals surface area contributed by atoms with Crippen LogP contribution in [-0.2, 0) is 12.8 Å². The van der Waals surface area contributed by atoms with Gasteiger partial charge in [0.2, 0.25) is 0 Å². The van der Waals surface area contributed by atoms with Gasteiger partial charge in [0.15, 0.2) is 0 Å². The molecule has 0 bridgehead atoms. The van der Waals surface area contributed by atoms with Crippen molar-refractivity contribution in [2.24, 2.45) is 5.84 Å². The molecule has 1 aliphatic carbocycles. The molecule has 116 valence electrons. The van der Waals surface area contributed by atoms with Crippen molar-refractivity contribution < 1.29 is 4.79 Å². The van der Waals surface area contributed by atoms with Gasteiger partial charge in [-0.3, -0.25) is 10.2 Å². The third-order valence-electron chi connectivity index (χ3n) is 4.70. The predicted octanol–water partition coefficient (Wildman–Crippen LogP) is 3.11. The molecule has 0 saturated heterocycles. The number of nitrogens with two attached hydrogens (primary N) is 1. The Balaban J connectivity index is 1.90. The van der Waals surface area contributed by atoms with Gasteiger partial charge in [-0.1, -0.05) is 18.2 Å². The van der Waals surface area contributed by atoms with Gasteiger partial charge in [0, 0.05) is 22.3 Å². The molecule has 3 aromatic rings. The van der Waals surface area contributed by atoms with E-state index < -0.39 is 0 Å². The molecular formula is C19H19N3O. The molecule has 4 rings (SSSR count). The number of nitrogen functional groups attached to an aromatic ring is 1. The Morgan fingerprint density at radius 1 is 1.00 bits per heavy atom. The molecule has 2 aromatic carbocycles. The molecule has 23 heavy (non-hydrogen) atoms. The number of para-hydroxylation sites is 1. The number of nitrogens with zero attached hydrogens (tertiary/aromatic N) is 1. The minimum atomic E-state index is -0.268. The van der Waals surface area contributed by atoms with Crippen LogP contribution in [0, 0.1) is 0 Å². The zero-order chi connectivity index (χ0) is 15.8. The number of amides is 1. The van der Waals surface area contributed by atoms with E-state index in [1.807, 2.05) is 24.3 Å². The second-order valence-corrected chi connectivity index (χ2v) is 6.01. The number of aryl methyl sites for hydroxylation is 1. The second-order valence-electron chi connectivity index (χ2n) is 6.01. The van der Waals surface area contributed by atoms with Crippen LogP contribution in [0.2, 0.25) is 0 Å². The summed E-state index contributed by atoms with van der Waals surface area (Å²) in [6, 6.07) is 16.2. The minimum absolute atomic E-state index is 0.268. The number of nitrogens with one attached hydrogen (secondary N) is 1. The fourth-order valence-corrected chi connectivity index (χ4v) is 3.64. The molecule has 1 amide bonds. The van der Waals surface area contributed by atoms with Gasteiger partial charge < -0.3 is 4.57 Å². The van der Waals surface area contributed by atoms with Crippen molar-refractivity contribution in [2.45, 2.75) is 25.7 Å². The molecule has 4 nitrogen and oxygen atoms in total. The molecule has 0 unspecified atom stereocenters. The van der Waals surface area contributed by atoms with E-state index in [-0.39, 0.29) is 5.91 Å². The van der Waals surface area contributed by atoms with Gasteiger partial charge >= 0.3 is 0 Å². The number of benzene rings is 2. The Morgan fingerprint density at radius 3 is 2.52 bits per heavy atom. The largest absolute Gasteiger partial charge is 0.313 e. The van der Waals surface area contributed by atoms with Crippen LogP contribution >= 0.6 is 0 Å². The first-order chi connectivity index (χ1) is 11.3. The van der Waals surface area contributed by atoms with Crippen molar-refractivity contribution in [2.75, 3.05) is 0 Å². The van der Waals surface area contributed by atoms with Crippen molar-refractivity contribution in [3.05, 3.63) is 65.4 Å². The van der Waals surface area contributed by atoms with Gasteiger partial charge in [-0.25, -0.2) is 5.84 Å². The van der Waals surface area contributed by atoms with Crippen LogP contribution in [0.5, 0.6) is 0 Å². The number of hydrazine groups is 1. The quantitative estimate of drug-likeness (QED) is 0.434. The maximum atomic E-state index is 11.6. The summed E-state index contributed by atoms with van der Waals surface area (Å²) < 4.78 is 2.34. The first-order valence-corrected chi connectivity index (χ1v) is 8.02. The minimum Gasteiger partial charge on any atom is -0.313 e. The van der Waals surface area contributed by atoms with Crippen LogP contribution in [0.4, 0.5) is 0 Å². The smallest absolute Gasteiger partial charge is 0.265 e. The number of hydrogen-bond acceptors (Lipinski definition) is 2. The zero-order valence-electron chi connectivity index (χ0n) is 12.9. The molecule has 0 fully saturated rings. The fraction of sp³-hybridized carbons (Fsp3) is 0.211. The Bertz CT molecular complexity index is 878. The average Bonchev–Trinajstić information content (AvgIpc) is 2.96. The van der Waals surface area contributed by atoms with Crippen molar-refractivity contribution in [1.82, 2.24) is 9.99 Å². The molecule has 0 radical (unpaired) electrons. The monoisotopic (exact) mass is 305 g/mol. The summed E-state index contributed by atoms with van der Waals surface area (Å²) >= 11 is 0. The molecule has 0 spiro atoms. The summed E-state index contributed by atoms with van der Waals surface area (Å²) in [7, 11) is 0. The van der Waals surface area contributed by atoms with Gasteiger partial charge in [-0.15, -0.1) is 0 Å². The number of hydrogen-bond donors (Lipinski definition) is 2. The molecule has 0 aliphatic heterocycles. The molecule has 1 aromatic heterocycles. The first kappa shape index (κ1) is 14.0. The molecule has 0 atom stereocenters. The summed E-state index contributed by atoms with van der Waals surface area (Å²) in [5.74, 6) is 4.93. The van der Waals surface area contributed by atoms with Crippen molar-refractivity contribution >= 4 is 16.8 Å². The number of carbonyl (C=O) groups excluding carboxylic acids is 1. The van der Waals surface area contributed by atoms with Gasteiger partial charge in [0.1, 0.15) is 0 Å². The van der Waals surface area contributed by atoms with Crippen LogP contribution < -0.4 is 11.3 Å². The highest BCUT2D eigenvalue weighted by molar-refractivity contribution is 5.94. The van der Waals surface area contributed by atoms with E-state index in [1.165, 1.54) is 35.0 Å². The van der Waals surface area contributed by atoms with Gasteiger partial charge in [0.05, 0.1) is 5.52 Å². The van der Waals surface area contributed by atoms with Gasteiger partial charge in [-0.2, -0.15) is 0 Å². The standard InChI is InChI=1S/C19H19N3O/c20-21-19(23)13-9-11-14(12-10-13)22-17-7-3-1-5-15(17)16-6-2-4-8-18(16)22/h1,3,5,7,9-12H,2,4,6,8,20H2,(H,21,23). The highest BCUT2D eigenvalue weighted by Gasteiger charge is 2.20. The Hall–Kier alpha value is -2.59. The summed E-state index contributed by atoms with van der Waals surface area (Å²) in [6.45, 7) is 0. The van der Waals surface area contributed by atoms with Crippen molar-refractivity contribution in [3.63, 3.8) is 0 Å². The van der Waals surface area contributed by atoms with Crippen molar-refractivity contribution in [3.8, 4) is 5.69 Å². The van der Waals surface area contributed by atoms with Crippen LogP contribution in [0.15, 0.2) is 48.5 Å². The first-order valence-electron chi connectivity index (χ1n) is 8.02. The molecular weight excluding hydrogens is 286 g/mol. The number of fused-ring (bicyclic) bond motifs is 3. The summed E-state index contributed by atoms with van der Waals surface area (Å²) in [5, 5.41) is 1.35. The Morgan fingerprint density at radius 2 is 1.74 bits per heavy atom. The Kier molecular flexibility index (Phi) is 3.39. The van der Waals surface area contributed by atoms with E-state index in [1.54, 1.807) is 0 Å². The lowest BCUT2D eigenvalue weighted by Crippen LogP contribution is -2.29. The Labute approximate surface area is 134 Å². The lowest BCUT2D eigenvalue weighted by molar-refractivity contribution is 0.0953. The van der Waals surface area contributed by atoms with Crippen LogP contribution in [-0.4, -0.2) is 10.5 Å². The number of carbonyl (C=O) groups is 1. The second kappa shape index (κ2) is 5.56. The summed E-state index contributed by atoms with van der Waals surface area (Å²) in [6.07, 6.45) is 4.75. The normalized spacial score (nSPS) is 13.8. The van der Waals surface area contributed by atoms with Crippen molar-refractivity contribution in [1.29, 1.82) is 0 Å². The molecule has 4 heteroatoms. The van der Waals surface area contributed by atoms with E-state index in [0.717, 1.165) is 18.5 Å². The fourth-order valence-electron chi connectivity index (χ4n) is 3.64. The summed E-state index contributed by atoms with van der Waals surface area (Å²) in [4.78, 5) is 11.6. The van der Waals surface area contributed by atoms with E-state index in [0.29, 0.717) is 5.56 Å². The number of aromatic nitrogens is 1. The van der Waals surface area contributed by atoms with Crippen LogP contribution in [0.25, 0.3) is 16.6 Å². The topological polar surface area (TPSA) is 60.0 Å². The molecule has 1 aliphatic rings. The molecule has 0 saturated carbocycles. The van der Waals surface area contributed by atoms with E-state index in [4.69, 9.17) is 5.84 Å². The third kappa shape index (κ3) is 2.23. The van der Waals surface area contributed by atoms with Gasteiger partial charge in [-0.05, 0) is 61.6 Å². The van der Waals surface area contributed by atoms with E-state index >= 15 is 0 Å². The van der Waals surface area contributed by atoms with E-state index in [2.05, 4.69) is 34.3 Å². The van der Waals surface area contributed by atoms with Crippen LogP contribution in [0.1, 0.15) is 34.5 Å². The predicted molar refractivity (Wildman–Crippen MR) is 91.6 cm³/mol. The zero-order valence-corrected chi connectivity index (χ0v) is 12.9. The average molecular weight is 305 g/mol. The lowest BCUT2D eigenvalue weighted by Gasteiger charge is -2.16. The highest BCUT2D eigenvalue weighted by atomic mass is 16.2. The highest BCUT2D eigenvalue weighted by Crippen LogP contribution is 2.34.